The number of nitrogens with zero attached hydrogens (tertiary/aromatic N) is 2. The van der Waals surface area contributed by atoms with Gasteiger partial charge in [-0.3, -0.25) is 10.1 Å². The lowest BCUT2D eigenvalue weighted by Gasteiger charge is -2.28. The van der Waals surface area contributed by atoms with Gasteiger partial charge in [0, 0.05) is 30.3 Å². The molecule has 24 heavy (non-hydrogen) atoms. The van der Waals surface area contributed by atoms with Crippen molar-refractivity contribution in [1.82, 2.24) is 0 Å². The molecule has 2 aromatic carbocycles. The molecule has 0 amide bonds. The lowest BCUT2D eigenvalue weighted by atomic mass is 10.1. The summed E-state index contributed by atoms with van der Waals surface area (Å²) in [5.41, 5.74) is 3.27. The van der Waals surface area contributed by atoms with Crippen molar-refractivity contribution in [3.05, 3.63) is 69.8 Å². The monoisotopic (exact) mass is 326 g/mol. The van der Waals surface area contributed by atoms with Crippen LogP contribution in [-0.4, -0.2) is 18.0 Å². The maximum absolute atomic E-state index is 11.5. The Morgan fingerprint density at radius 1 is 0.958 bits per heavy atom. The topological polar surface area (TPSA) is 63.0 Å². The van der Waals surface area contributed by atoms with Gasteiger partial charge < -0.3 is 10.2 Å². The SMILES string of the molecule is O=[N+]([O-])c1cc(C[NH2+]Cc2ccccc2)ccc1N1CCCCC1. The minimum atomic E-state index is -0.245. The third-order valence-corrected chi connectivity index (χ3v) is 4.54. The number of nitrogens with two attached hydrogens (primary N) is 1. The quantitative estimate of drug-likeness (QED) is 0.656. The van der Waals surface area contributed by atoms with Gasteiger partial charge in [-0.15, -0.1) is 0 Å². The summed E-state index contributed by atoms with van der Waals surface area (Å²) in [6, 6.07) is 15.9. The summed E-state index contributed by atoms with van der Waals surface area (Å²) < 4.78 is 0. The average Bonchev–Trinajstić information content (AvgIpc) is 2.63. The number of piperidine rings is 1. The first-order chi connectivity index (χ1) is 11.7. The predicted molar refractivity (Wildman–Crippen MR) is 94.9 cm³/mol. The molecule has 1 heterocycles. The molecule has 1 fully saturated rings. The zero-order valence-corrected chi connectivity index (χ0v) is 13.9. The smallest absolute Gasteiger partial charge is 0.293 e. The third kappa shape index (κ3) is 4.11. The van der Waals surface area contributed by atoms with E-state index in [1.54, 1.807) is 6.07 Å². The minimum absolute atomic E-state index is 0.238. The molecule has 0 spiro atoms. The second-order valence-electron chi connectivity index (χ2n) is 6.31. The number of anilines is 1. The van der Waals surface area contributed by atoms with Gasteiger partial charge in [0.1, 0.15) is 18.8 Å². The van der Waals surface area contributed by atoms with E-state index in [-0.39, 0.29) is 10.6 Å². The highest BCUT2D eigenvalue weighted by molar-refractivity contribution is 5.64. The Bertz CT molecular complexity index is 682. The Hall–Kier alpha value is -2.40. The Morgan fingerprint density at radius 2 is 1.67 bits per heavy atom. The van der Waals surface area contributed by atoms with Crippen LogP contribution >= 0.6 is 0 Å². The van der Waals surface area contributed by atoms with Gasteiger partial charge in [-0.1, -0.05) is 36.4 Å². The Morgan fingerprint density at radius 3 is 2.38 bits per heavy atom. The fraction of sp³-hybridized carbons (Fsp3) is 0.368. The highest BCUT2D eigenvalue weighted by Gasteiger charge is 2.21. The van der Waals surface area contributed by atoms with E-state index in [1.165, 1.54) is 12.0 Å². The molecule has 0 atom stereocenters. The van der Waals surface area contributed by atoms with Crippen molar-refractivity contribution in [3.63, 3.8) is 0 Å². The van der Waals surface area contributed by atoms with Crippen LogP contribution in [0.2, 0.25) is 0 Å². The molecule has 0 radical (unpaired) electrons. The molecule has 126 valence electrons. The summed E-state index contributed by atoms with van der Waals surface area (Å²) in [4.78, 5) is 13.4. The van der Waals surface area contributed by atoms with Crippen molar-refractivity contribution in [3.8, 4) is 0 Å². The van der Waals surface area contributed by atoms with Gasteiger partial charge in [-0.2, -0.15) is 0 Å². The zero-order chi connectivity index (χ0) is 16.8. The normalized spacial score (nSPS) is 14.6. The van der Waals surface area contributed by atoms with Crippen molar-refractivity contribution in [2.45, 2.75) is 32.4 Å². The first-order valence-corrected chi connectivity index (χ1v) is 8.62. The first kappa shape index (κ1) is 16.5. The minimum Gasteiger partial charge on any atom is -0.366 e. The number of nitro benzene ring substituents is 1. The second kappa shape index (κ2) is 7.93. The van der Waals surface area contributed by atoms with Crippen LogP contribution in [0.1, 0.15) is 30.4 Å². The highest BCUT2D eigenvalue weighted by Crippen LogP contribution is 2.31. The van der Waals surface area contributed by atoms with Gasteiger partial charge in [0.2, 0.25) is 0 Å². The van der Waals surface area contributed by atoms with Gasteiger partial charge in [0.15, 0.2) is 0 Å². The van der Waals surface area contributed by atoms with E-state index in [4.69, 9.17) is 0 Å². The molecule has 0 aliphatic carbocycles. The molecule has 5 nitrogen and oxygen atoms in total. The van der Waals surface area contributed by atoms with Gasteiger partial charge in [-0.25, -0.2) is 0 Å². The Balaban J connectivity index is 1.68. The van der Waals surface area contributed by atoms with Crippen LogP contribution in [-0.2, 0) is 13.1 Å². The zero-order valence-electron chi connectivity index (χ0n) is 13.9. The fourth-order valence-electron chi connectivity index (χ4n) is 3.26. The largest absolute Gasteiger partial charge is 0.366 e. The number of hydrogen-bond donors (Lipinski definition) is 1. The van der Waals surface area contributed by atoms with E-state index in [0.29, 0.717) is 0 Å². The molecule has 2 aromatic rings. The van der Waals surface area contributed by atoms with E-state index in [0.717, 1.165) is 50.3 Å². The predicted octanol–water partition coefficient (Wildman–Crippen LogP) is 2.85. The van der Waals surface area contributed by atoms with Crippen LogP contribution in [0.4, 0.5) is 11.4 Å². The molecule has 0 unspecified atom stereocenters. The number of quaternary nitrogens is 1. The van der Waals surface area contributed by atoms with Crippen molar-refractivity contribution in [2.75, 3.05) is 18.0 Å². The summed E-state index contributed by atoms with van der Waals surface area (Å²) in [7, 11) is 0. The standard InChI is InChI=1S/C19H23N3O2/c23-22(24)19-13-17(15-20-14-16-7-3-1-4-8-16)9-10-18(19)21-11-5-2-6-12-21/h1,3-4,7-10,13,20H,2,5-6,11-12,14-15H2/p+1. The van der Waals surface area contributed by atoms with Gasteiger partial charge in [0.25, 0.3) is 5.69 Å². The van der Waals surface area contributed by atoms with Gasteiger partial charge in [-0.05, 0) is 25.3 Å². The van der Waals surface area contributed by atoms with Gasteiger partial charge in [0.05, 0.1) is 4.92 Å². The molecule has 1 aliphatic heterocycles. The summed E-state index contributed by atoms with van der Waals surface area (Å²) >= 11 is 0. The number of rotatable bonds is 6. The van der Waals surface area contributed by atoms with Crippen molar-refractivity contribution in [2.24, 2.45) is 0 Å². The molecule has 0 saturated carbocycles. The van der Waals surface area contributed by atoms with Crippen molar-refractivity contribution < 1.29 is 10.2 Å². The molecule has 2 N–H and O–H groups in total. The summed E-state index contributed by atoms with van der Waals surface area (Å²) in [5, 5.41) is 13.7. The van der Waals surface area contributed by atoms with E-state index in [9.17, 15) is 10.1 Å². The number of benzene rings is 2. The third-order valence-electron chi connectivity index (χ3n) is 4.54. The maximum Gasteiger partial charge on any atom is 0.293 e. The fourth-order valence-corrected chi connectivity index (χ4v) is 3.26. The van der Waals surface area contributed by atoms with Crippen LogP contribution < -0.4 is 10.2 Å². The molecular weight excluding hydrogens is 302 g/mol. The van der Waals surface area contributed by atoms with E-state index in [2.05, 4.69) is 22.3 Å². The van der Waals surface area contributed by atoms with Gasteiger partial charge >= 0.3 is 0 Å². The molecule has 5 heteroatoms. The van der Waals surface area contributed by atoms with E-state index >= 15 is 0 Å². The lowest BCUT2D eigenvalue weighted by molar-refractivity contribution is -0.686. The average molecular weight is 326 g/mol. The van der Waals surface area contributed by atoms with Crippen LogP contribution in [0.3, 0.4) is 0 Å². The highest BCUT2D eigenvalue weighted by atomic mass is 16.6. The maximum atomic E-state index is 11.5. The molecule has 1 aliphatic rings. The van der Waals surface area contributed by atoms with Crippen LogP contribution in [0.25, 0.3) is 0 Å². The molecule has 3 rings (SSSR count). The number of hydrogen-bond acceptors (Lipinski definition) is 3. The summed E-state index contributed by atoms with van der Waals surface area (Å²) in [6.45, 7) is 3.46. The molecular formula is C19H24N3O2+. The Labute approximate surface area is 142 Å². The second-order valence-corrected chi connectivity index (χ2v) is 6.31. The summed E-state index contributed by atoms with van der Waals surface area (Å²) in [5.74, 6) is 0. The lowest BCUT2D eigenvalue weighted by Crippen LogP contribution is -2.80. The molecule has 0 bridgehead atoms. The van der Waals surface area contributed by atoms with Crippen LogP contribution in [0.15, 0.2) is 48.5 Å². The van der Waals surface area contributed by atoms with Crippen molar-refractivity contribution in [1.29, 1.82) is 0 Å². The Kier molecular flexibility index (Phi) is 5.43. The molecule has 0 aromatic heterocycles. The molecule has 1 saturated heterocycles. The van der Waals surface area contributed by atoms with Crippen LogP contribution in [0.5, 0.6) is 0 Å². The van der Waals surface area contributed by atoms with Crippen LogP contribution in [0, 0.1) is 10.1 Å². The van der Waals surface area contributed by atoms with E-state index < -0.39 is 0 Å². The first-order valence-electron chi connectivity index (χ1n) is 8.62. The van der Waals surface area contributed by atoms with E-state index in [1.807, 2.05) is 30.3 Å². The van der Waals surface area contributed by atoms with Crippen molar-refractivity contribution >= 4 is 11.4 Å². The summed E-state index contributed by atoms with van der Waals surface area (Å²) in [6.07, 6.45) is 3.45. The number of nitro groups is 1.